The van der Waals surface area contributed by atoms with E-state index in [1.54, 1.807) is 19.4 Å². The number of rotatable bonds is 5. The summed E-state index contributed by atoms with van der Waals surface area (Å²) in [5.41, 5.74) is 1.24. The van der Waals surface area contributed by atoms with Gasteiger partial charge in [-0.2, -0.15) is 0 Å². The van der Waals surface area contributed by atoms with Crippen LogP contribution in [0.1, 0.15) is 18.5 Å². The third kappa shape index (κ3) is 3.06. The van der Waals surface area contributed by atoms with Crippen LogP contribution < -0.4 is 9.64 Å². The van der Waals surface area contributed by atoms with Gasteiger partial charge in [0.2, 0.25) is 11.7 Å². The van der Waals surface area contributed by atoms with Gasteiger partial charge in [-0.25, -0.2) is 0 Å². The molecule has 2 fully saturated rings. The Hall–Kier alpha value is -3.22. The van der Waals surface area contributed by atoms with E-state index in [9.17, 15) is 4.79 Å². The van der Waals surface area contributed by atoms with Crippen molar-refractivity contribution in [2.75, 3.05) is 38.2 Å². The van der Waals surface area contributed by atoms with Crippen molar-refractivity contribution in [2.24, 2.45) is 0 Å². The highest BCUT2D eigenvalue weighted by atomic mass is 16.5. The van der Waals surface area contributed by atoms with Crippen molar-refractivity contribution < 1.29 is 18.5 Å². The van der Waals surface area contributed by atoms with E-state index in [2.05, 4.69) is 16.1 Å². The monoisotopic (exact) mass is 393 g/mol. The second-order valence-electron chi connectivity index (χ2n) is 7.59. The number of piperazine rings is 1. The third-order valence-electron chi connectivity index (χ3n) is 5.92. The second kappa shape index (κ2) is 6.99. The molecule has 7 nitrogen and oxygen atoms in total. The molecule has 29 heavy (non-hydrogen) atoms. The minimum absolute atomic E-state index is 0.150. The molecule has 0 spiro atoms. The molecule has 1 saturated heterocycles. The fraction of sp³-hybridized carbons (Fsp3) is 0.364. The normalized spacial score (nSPS) is 18.0. The van der Waals surface area contributed by atoms with Crippen LogP contribution in [0.5, 0.6) is 5.75 Å². The SMILES string of the molecule is COc1ccccc1N1CCN(C(=O)C2(c3cc(-c4ccco4)on3)CC2)CC1. The topological polar surface area (TPSA) is 72.0 Å². The van der Waals surface area contributed by atoms with Crippen molar-refractivity contribution in [1.82, 2.24) is 10.1 Å². The van der Waals surface area contributed by atoms with Crippen molar-refractivity contribution in [3.8, 4) is 17.3 Å². The third-order valence-corrected chi connectivity index (χ3v) is 5.92. The quantitative estimate of drug-likeness (QED) is 0.662. The maximum Gasteiger partial charge on any atom is 0.235 e. The number of hydrogen-bond donors (Lipinski definition) is 0. The number of benzene rings is 1. The van der Waals surface area contributed by atoms with Gasteiger partial charge in [-0.15, -0.1) is 0 Å². The van der Waals surface area contributed by atoms with Crippen molar-refractivity contribution >= 4 is 11.6 Å². The molecule has 5 rings (SSSR count). The van der Waals surface area contributed by atoms with Crippen molar-refractivity contribution in [2.45, 2.75) is 18.3 Å². The van der Waals surface area contributed by atoms with E-state index in [4.69, 9.17) is 13.7 Å². The molecule has 1 aliphatic heterocycles. The summed E-state index contributed by atoms with van der Waals surface area (Å²) >= 11 is 0. The molecule has 3 aromatic rings. The van der Waals surface area contributed by atoms with Crippen LogP contribution in [0.4, 0.5) is 5.69 Å². The summed E-state index contributed by atoms with van der Waals surface area (Å²) in [5.74, 6) is 2.19. The zero-order chi connectivity index (χ0) is 19.8. The molecule has 2 aromatic heterocycles. The number of para-hydroxylation sites is 2. The number of hydrogen-bond acceptors (Lipinski definition) is 6. The van der Waals surface area contributed by atoms with Crippen molar-refractivity contribution in [3.63, 3.8) is 0 Å². The van der Waals surface area contributed by atoms with Gasteiger partial charge in [0, 0.05) is 32.2 Å². The highest BCUT2D eigenvalue weighted by molar-refractivity contribution is 5.91. The Bertz CT molecular complexity index is 999. The summed E-state index contributed by atoms with van der Waals surface area (Å²) in [6.45, 7) is 2.92. The predicted octanol–water partition coefficient (Wildman–Crippen LogP) is 3.32. The number of ether oxygens (including phenoxy) is 1. The predicted molar refractivity (Wildman–Crippen MR) is 107 cm³/mol. The van der Waals surface area contributed by atoms with Crippen LogP contribution in [-0.2, 0) is 10.2 Å². The summed E-state index contributed by atoms with van der Waals surface area (Å²) in [5, 5.41) is 4.20. The largest absolute Gasteiger partial charge is 0.495 e. The molecule has 0 atom stereocenters. The van der Waals surface area contributed by atoms with Gasteiger partial charge in [0.1, 0.15) is 5.75 Å². The molecule has 1 amide bonds. The zero-order valence-corrected chi connectivity index (χ0v) is 16.3. The molecule has 0 N–H and O–H groups in total. The van der Waals surface area contributed by atoms with Gasteiger partial charge in [0.25, 0.3) is 0 Å². The van der Waals surface area contributed by atoms with Gasteiger partial charge in [0.05, 0.1) is 30.2 Å². The lowest BCUT2D eigenvalue weighted by Crippen LogP contribution is -2.51. The number of anilines is 1. The van der Waals surface area contributed by atoms with Crippen LogP contribution in [0.15, 0.2) is 57.7 Å². The first-order valence-electron chi connectivity index (χ1n) is 9.90. The molecule has 3 heterocycles. The maximum atomic E-state index is 13.3. The maximum absolute atomic E-state index is 13.3. The summed E-state index contributed by atoms with van der Waals surface area (Å²) in [7, 11) is 1.68. The average molecular weight is 393 g/mol. The number of amides is 1. The van der Waals surface area contributed by atoms with Crippen molar-refractivity contribution in [3.05, 3.63) is 54.4 Å². The van der Waals surface area contributed by atoms with Gasteiger partial charge in [-0.1, -0.05) is 17.3 Å². The van der Waals surface area contributed by atoms with E-state index in [1.165, 1.54) is 0 Å². The minimum atomic E-state index is -0.541. The molecule has 7 heteroatoms. The zero-order valence-electron chi connectivity index (χ0n) is 16.3. The lowest BCUT2D eigenvalue weighted by atomic mass is 9.99. The van der Waals surface area contributed by atoms with Crippen molar-refractivity contribution in [1.29, 1.82) is 0 Å². The van der Waals surface area contributed by atoms with Gasteiger partial charge < -0.3 is 23.5 Å². The van der Waals surface area contributed by atoms with Crippen LogP contribution in [0, 0.1) is 0 Å². The highest BCUT2D eigenvalue weighted by Crippen LogP contribution is 2.50. The number of methoxy groups -OCH3 is 1. The molecule has 2 aliphatic rings. The molecule has 1 aromatic carbocycles. The first-order valence-corrected chi connectivity index (χ1v) is 9.90. The Morgan fingerprint density at radius 2 is 1.86 bits per heavy atom. The van der Waals surface area contributed by atoms with Gasteiger partial charge in [-0.3, -0.25) is 4.79 Å². The van der Waals surface area contributed by atoms with Crippen LogP contribution >= 0.6 is 0 Å². The molecular weight excluding hydrogens is 370 g/mol. The molecule has 0 unspecified atom stereocenters. The van der Waals surface area contributed by atoms with E-state index >= 15 is 0 Å². The van der Waals surface area contributed by atoms with E-state index in [1.807, 2.05) is 35.2 Å². The lowest BCUT2D eigenvalue weighted by molar-refractivity contribution is -0.134. The Kier molecular flexibility index (Phi) is 4.30. The van der Waals surface area contributed by atoms with Gasteiger partial charge in [0.15, 0.2) is 5.76 Å². The minimum Gasteiger partial charge on any atom is -0.495 e. The standard InChI is InChI=1S/C22H23N3O4/c1-27-17-6-3-2-5-16(17)24-10-12-25(13-11-24)21(26)22(8-9-22)20-15-19(29-23-20)18-7-4-14-28-18/h2-7,14-15H,8-13H2,1H3. The van der Waals surface area contributed by atoms with E-state index in [0.29, 0.717) is 30.3 Å². The van der Waals surface area contributed by atoms with Crippen LogP contribution in [0.3, 0.4) is 0 Å². The molecule has 1 saturated carbocycles. The van der Waals surface area contributed by atoms with Crippen LogP contribution in [-0.4, -0.2) is 49.3 Å². The fourth-order valence-electron chi connectivity index (χ4n) is 4.08. The van der Waals surface area contributed by atoms with Crippen LogP contribution in [0.2, 0.25) is 0 Å². The van der Waals surface area contributed by atoms with Gasteiger partial charge in [-0.05, 0) is 37.1 Å². The first-order chi connectivity index (χ1) is 14.2. The molecule has 1 aliphatic carbocycles. The fourth-order valence-corrected chi connectivity index (χ4v) is 4.08. The Labute approximate surface area is 168 Å². The van der Waals surface area contributed by atoms with E-state index in [-0.39, 0.29) is 5.91 Å². The molecule has 0 bridgehead atoms. The summed E-state index contributed by atoms with van der Waals surface area (Å²) < 4.78 is 16.3. The number of furan rings is 1. The number of carbonyl (C=O) groups excluding carboxylic acids is 1. The molecule has 0 radical (unpaired) electrons. The molecular formula is C22H23N3O4. The van der Waals surface area contributed by atoms with Gasteiger partial charge >= 0.3 is 0 Å². The Balaban J connectivity index is 1.28. The Morgan fingerprint density at radius 3 is 2.55 bits per heavy atom. The lowest BCUT2D eigenvalue weighted by Gasteiger charge is -2.37. The second-order valence-corrected chi connectivity index (χ2v) is 7.59. The average Bonchev–Trinajstić information content (AvgIpc) is 3.18. The van der Waals surface area contributed by atoms with E-state index in [0.717, 1.165) is 37.4 Å². The smallest absolute Gasteiger partial charge is 0.235 e. The first kappa shape index (κ1) is 17.8. The highest BCUT2D eigenvalue weighted by Gasteiger charge is 2.55. The van der Waals surface area contributed by atoms with Crippen LogP contribution in [0.25, 0.3) is 11.5 Å². The Morgan fingerprint density at radius 1 is 1.07 bits per heavy atom. The number of aromatic nitrogens is 1. The number of carbonyl (C=O) groups is 1. The summed E-state index contributed by atoms with van der Waals surface area (Å²) in [4.78, 5) is 17.6. The molecule has 150 valence electrons. The number of nitrogens with zero attached hydrogens (tertiary/aromatic N) is 3. The van der Waals surface area contributed by atoms with E-state index < -0.39 is 5.41 Å². The summed E-state index contributed by atoms with van der Waals surface area (Å²) in [6, 6.07) is 13.5. The summed E-state index contributed by atoms with van der Waals surface area (Å²) in [6.07, 6.45) is 3.21.